The molecule has 2 rings (SSSR count). The van der Waals surface area contributed by atoms with Gasteiger partial charge in [-0.05, 0) is 41.0 Å². The van der Waals surface area contributed by atoms with Crippen LogP contribution in [-0.4, -0.2) is 11.8 Å². The highest BCUT2D eigenvalue weighted by molar-refractivity contribution is 5.96. The highest BCUT2D eigenvalue weighted by Crippen LogP contribution is 2.22. The monoisotopic (exact) mass is 268 g/mol. The lowest BCUT2D eigenvalue weighted by Crippen LogP contribution is -2.03. The van der Waals surface area contributed by atoms with Crippen LogP contribution in [0.2, 0.25) is 0 Å². The lowest BCUT2D eigenvalue weighted by atomic mass is 10.0. The molecule has 0 spiro atoms. The van der Waals surface area contributed by atoms with Gasteiger partial charge in [0.15, 0.2) is 5.78 Å². The molecule has 3 heteroatoms. The second kappa shape index (κ2) is 5.70. The summed E-state index contributed by atoms with van der Waals surface area (Å²) in [5.41, 5.74) is 1.51. The summed E-state index contributed by atoms with van der Waals surface area (Å²) in [6, 6.07) is 11.2. The number of benzene rings is 2. The molecule has 0 saturated heterocycles. The standard InChI is InChI=1S/C17H16O3/c1-11(2)17(19)9-13-4-5-15-10-16(20-12(3)18)7-6-14(15)8-13/h4-8,10H,1,9H2,2-3H3. The fourth-order valence-corrected chi connectivity index (χ4v) is 1.95. The maximum Gasteiger partial charge on any atom is 0.308 e. The van der Waals surface area contributed by atoms with E-state index in [-0.39, 0.29) is 11.8 Å². The minimum Gasteiger partial charge on any atom is -0.427 e. The molecular formula is C17H16O3. The van der Waals surface area contributed by atoms with Crippen LogP contribution in [0.25, 0.3) is 10.8 Å². The van der Waals surface area contributed by atoms with E-state index in [0.717, 1.165) is 16.3 Å². The summed E-state index contributed by atoms with van der Waals surface area (Å²) in [7, 11) is 0. The predicted molar refractivity (Wildman–Crippen MR) is 78.8 cm³/mol. The molecule has 0 saturated carbocycles. The third-order valence-corrected chi connectivity index (χ3v) is 2.98. The number of carbonyl (C=O) groups is 2. The molecule has 0 aliphatic heterocycles. The van der Waals surface area contributed by atoms with Gasteiger partial charge in [-0.1, -0.05) is 30.8 Å². The first kappa shape index (κ1) is 14.0. The highest BCUT2D eigenvalue weighted by atomic mass is 16.5. The average molecular weight is 268 g/mol. The molecule has 0 unspecified atom stereocenters. The Hall–Kier alpha value is -2.42. The van der Waals surface area contributed by atoms with Crippen molar-refractivity contribution in [3.05, 3.63) is 54.1 Å². The summed E-state index contributed by atoms with van der Waals surface area (Å²) >= 11 is 0. The number of ketones is 1. The van der Waals surface area contributed by atoms with E-state index in [4.69, 9.17) is 4.74 Å². The molecule has 20 heavy (non-hydrogen) atoms. The van der Waals surface area contributed by atoms with Gasteiger partial charge in [-0.2, -0.15) is 0 Å². The number of fused-ring (bicyclic) bond motifs is 1. The number of Topliss-reactive ketones (excluding diaryl/α,β-unsaturated/α-hetero) is 1. The predicted octanol–water partition coefficient (Wildman–Crippen LogP) is 3.45. The molecule has 0 aromatic heterocycles. The van der Waals surface area contributed by atoms with E-state index in [1.165, 1.54) is 6.92 Å². The van der Waals surface area contributed by atoms with Gasteiger partial charge in [0, 0.05) is 13.3 Å². The average Bonchev–Trinajstić information content (AvgIpc) is 2.38. The van der Waals surface area contributed by atoms with E-state index in [2.05, 4.69) is 6.58 Å². The van der Waals surface area contributed by atoms with Crippen molar-refractivity contribution < 1.29 is 14.3 Å². The lowest BCUT2D eigenvalue weighted by molar-refractivity contribution is -0.131. The molecule has 102 valence electrons. The normalized spacial score (nSPS) is 10.3. The molecule has 0 radical (unpaired) electrons. The maximum atomic E-state index is 11.7. The zero-order valence-corrected chi connectivity index (χ0v) is 11.6. The molecule has 2 aromatic carbocycles. The Morgan fingerprint density at radius 2 is 1.70 bits per heavy atom. The van der Waals surface area contributed by atoms with Crippen LogP contribution in [0, 0.1) is 0 Å². The molecule has 0 atom stereocenters. The van der Waals surface area contributed by atoms with Crippen molar-refractivity contribution >= 4 is 22.5 Å². The Balaban J connectivity index is 2.29. The first-order valence-electron chi connectivity index (χ1n) is 6.35. The summed E-state index contributed by atoms with van der Waals surface area (Å²) in [4.78, 5) is 22.6. The van der Waals surface area contributed by atoms with E-state index in [1.807, 2.05) is 24.3 Å². The molecule has 3 nitrogen and oxygen atoms in total. The SMILES string of the molecule is C=C(C)C(=O)Cc1ccc2cc(OC(C)=O)ccc2c1. The topological polar surface area (TPSA) is 43.4 Å². The van der Waals surface area contributed by atoms with Gasteiger partial charge >= 0.3 is 5.97 Å². The third-order valence-electron chi connectivity index (χ3n) is 2.98. The molecule has 0 bridgehead atoms. The fraction of sp³-hybridized carbons (Fsp3) is 0.176. The third kappa shape index (κ3) is 3.32. The highest BCUT2D eigenvalue weighted by Gasteiger charge is 2.06. The summed E-state index contributed by atoms with van der Waals surface area (Å²) in [6.45, 7) is 6.74. The zero-order chi connectivity index (χ0) is 14.7. The number of carbonyl (C=O) groups excluding carboxylic acids is 2. The van der Waals surface area contributed by atoms with Crippen molar-refractivity contribution in [1.82, 2.24) is 0 Å². The van der Waals surface area contributed by atoms with E-state index >= 15 is 0 Å². The van der Waals surface area contributed by atoms with Gasteiger partial charge < -0.3 is 4.74 Å². The molecule has 0 heterocycles. The second-order valence-corrected chi connectivity index (χ2v) is 4.82. The number of allylic oxidation sites excluding steroid dienone is 1. The van der Waals surface area contributed by atoms with Crippen molar-refractivity contribution in [2.75, 3.05) is 0 Å². The number of esters is 1. The van der Waals surface area contributed by atoms with Crippen molar-refractivity contribution in [2.45, 2.75) is 20.3 Å². The number of ether oxygens (including phenoxy) is 1. The van der Waals surface area contributed by atoms with E-state index < -0.39 is 0 Å². The first-order chi connectivity index (χ1) is 9.45. The molecule has 0 aliphatic carbocycles. The molecular weight excluding hydrogens is 252 g/mol. The van der Waals surface area contributed by atoms with Crippen LogP contribution in [0.15, 0.2) is 48.6 Å². The van der Waals surface area contributed by atoms with Crippen molar-refractivity contribution in [3.63, 3.8) is 0 Å². The Labute approximate surface area is 117 Å². The number of rotatable bonds is 4. The van der Waals surface area contributed by atoms with Crippen LogP contribution in [0.4, 0.5) is 0 Å². The minimum absolute atomic E-state index is 0.0425. The van der Waals surface area contributed by atoms with E-state index in [0.29, 0.717) is 17.7 Å². The van der Waals surface area contributed by atoms with Gasteiger partial charge in [0.2, 0.25) is 0 Å². The van der Waals surface area contributed by atoms with Gasteiger partial charge in [0.25, 0.3) is 0 Å². The fourth-order valence-electron chi connectivity index (χ4n) is 1.95. The van der Waals surface area contributed by atoms with Crippen LogP contribution in [0.1, 0.15) is 19.4 Å². The molecule has 2 aromatic rings. The maximum absolute atomic E-state index is 11.7. The quantitative estimate of drug-likeness (QED) is 0.484. The Morgan fingerprint density at radius 3 is 2.35 bits per heavy atom. The van der Waals surface area contributed by atoms with Crippen molar-refractivity contribution in [1.29, 1.82) is 0 Å². The molecule has 0 N–H and O–H groups in total. The van der Waals surface area contributed by atoms with Gasteiger partial charge in [-0.3, -0.25) is 9.59 Å². The van der Waals surface area contributed by atoms with Crippen LogP contribution < -0.4 is 4.74 Å². The van der Waals surface area contributed by atoms with Gasteiger partial charge in [-0.25, -0.2) is 0 Å². The van der Waals surface area contributed by atoms with Crippen LogP contribution >= 0.6 is 0 Å². The van der Waals surface area contributed by atoms with Gasteiger partial charge in [-0.15, -0.1) is 0 Å². The van der Waals surface area contributed by atoms with Crippen LogP contribution in [-0.2, 0) is 16.0 Å². The van der Waals surface area contributed by atoms with Gasteiger partial charge in [0.1, 0.15) is 5.75 Å². The Morgan fingerprint density at radius 1 is 1.05 bits per heavy atom. The second-order valence-electron chi connectivity index (χ2n) is 4.82. The summed E-state index contributed by atoms with van der Waals surface area (Å²) in [6.07, 6.45) is 0.358. The summed E-state index contributed by atoms with van der Waals surface area (Å²) in [5.74, 6) is 0.227. The van der Waals surface area contributed by atoms with Crippen molar-refractivity contribution in [2.24, 2.45) is 0 Å². The molecule has 0 amide bonds. The largest absolute Gasteiger partial charge is 0.427 e. The summed E-state index contributed by atoms with van der Waals surface area (Å²) in [5, 5.41) is 1.98. The van der Waals surface area contributed by atoms with Crippen LogP contribution in [0.5, 0.6) is 5.75 Å². The smallest absolute Gasteiger partial charge is 0.308 e. The zero-order valence-electron chi connectivity index (χ0n) is 11.6. The molecule has 0 aliphatic rings. The van der Waals surface area contributed by atoms with Crippen molar-refractivity contribution in [3.8, 4) is 5.75 Å². The summed E-state index contributed by atoms with van der Waals surface area (Å²) < 4.78 is 5.04. The minimum atomic E-state index is -0.340. The number of hydrogen-bond donors (Lipinski definition) is 0. The first-order valence-corrected chi connectivity index (χ1v) is 6.35. The van der Waals surface area contributed by atoms with E-state index in [9.17, 15) is 9.59 Å². The molecule has 0 fully saturated rings. The Bertz CT molecular complexity index is 698. The van der Waals surface area contributed by atoms with E-state index in [1.54, 1.807) is 19.1 Å². The Kier molecular flexibility index (Phi) is 3.99. The van der Waals surface area contributed by atoms with Gasteiger partial charge in [0.05, 0.1) is 0 Å². The lowest BCUT2D eigenvalue weighted by Gasteiger charge is -2.06. The number of hydrogen-bond acceptors (Lipinski definition) is 3. The van der Waals surface area contributed by atoms with Crippen LogP contribution in [0.3, 0.4) is 0 Å².